The van der Waals surface area contributed by atoms with Crippen LogP contribution in [0.25, 0.3) is 22.8 Å². The summed E-state index contributed by atoms with van der Waals surface area (Å²) in [6.07, 6.45) is 0. The molecule has 0 spiro atoms. The maximum atomic E-state index is 11.3. The highest BCUT2D eigenvalue weighted by molar-refractivity contribution is 6.30. The van der Waals surface area contributed by atoms with E-state index in [1.165, 1.54) is 0 Å². The molecule has 5 nitrogen and oxygen atoms in total. The summed E-state index contributed by atoms with van der Waals surface area (Å²) in [5.74, 6) is -1.02. The molecular weight excluding hydrogens is 337 g/mol. The zero-order chi connectivity index (χ0) is 16.4. The fourth-order valence-corrected chi connectivity index (χ4v) is 2.18. The molecular formula is C16H9Cl2N3O2. The largest absolute Gasteiger partial charge is 0.475 e. The molecule has 0 saturated heterocycles. The van der Waals surface area contributed by atoms with Crippen molar-refractivity contribution in [3.8, 4) is 22.8 Å². The Bertz CT molecular complexity index is 802. The van der Waals surface area contributed by atoms with E-state index < -0.39 is 5.97 Å². The third-order valence-corrected chi connectivity index (χ3v) is 3.54. The van der Waals surface area contributed by atoms with Crippen molar-refractivity contribution in [3.63, 3.8) is 0 Å². The summed E-state index contributed by atoms with van der Waals surface area (Å²) in [6, 6.07) is 13.6. The number of benzene rings is 2. The van der Waals surface area contributed by atoms with E-state index in [-0.39, 0.29) is 17.5 Å². The summed E-state index contributed by atoms with van der Waals surface area (Å²) in [5, 5.41) is 10.4. The molecule has 0 saturated carbocycles. The normalized spacial score (nSPS) is 10.5. The number of carboxylic acid groups (broad SMARTS) is 1. The van der Waals surface area contributed by atoms with Crippen molar-refractivity contribution in [1.29, 1.82) is 0 Å². The van der Waals surface area contributed by atoms with Crippen molar-refractivity contribution in [2.24, 2.45) is 0 Å². The van der Waals surface area contributed by atoms with Crippen LogP contribution in [0.3, 0.4) is 0 Å². The quantitative estimate of drug-likeness (QED) is 0.769. The zero-order valence-electron chi connectivity index (χ0n) is 11.6. The molecule has 23 heavy (non-hydrogen) atoms. The molecule has 0 unspecified atom stereocenters. The van der Waals surface area contributed by atoms with Gasteiger partial charge >= 0.3 is 5.97 Å². The molecule has 0 atom stereocenters. The standard InChI is InChI=1S/C16H9Cl2N3O2/c17-11-5-1-9(2-6-11)13-19-14(21-15(20-13)16(22)23)10-3-7-12(18)8-4-10/h1-8H,(H,22,23). The zero-order valence-corrected chi connectivity index (χ0v) is 13.1. The van der Waals surface area contributed by atoms with Crippen molar-refractivity contribution in [3.05, 3.63) is 64.4 Å². The number of carboxylic acids is 1. The van der Waals surface area contributed by atoms with Gasteiger partial charge in [0, 0.05) is 21.2 Å². The monoisotopic (exact) mass is 345 g/mol. The Labute approximate surface area is 141 Å². The lowest BCUT2D eigenvalue weighted by atomic mass is 10.2. The molecule has 3 aromatic rings. The maximum Gasteiger partial charge on any atom is 0.374 e. The van der Waals surface area contributed by atoms with Crippen molar-refractivity contribution in [1.82, 2.24) is 15.0 Å². The summed E-state index contributed by atoms with van der Waals surface area (Å²) in [6.45, 7) is 0. The summed E-state index contributed by atoms with van der Waals surface area (Å²) < 4.78 is 0. The van der Waals surface area contributed by atoms with Crippen LogP contribution in [-0.2, 0) is 0 Å². The van der Waals surface area contributed by atoms with Crippen LogP contribution in [0.1, 0.15) is 10.6 Å². The third kappa shape index (κ3) is 3.47. The van der Waals surface area contributed by atoms with Gasteiger partial charge in [0.25, 0.3) is 0 Å². The Balaban J connectivity index is 2.15. The first-order valence-corrected chi connectivity index (χ1v) is 7.30. The minimum atomic E-state index is -1.22. The number of hydrogen-bond acceptors (Lipinski definition) is 4. The van der Waals surface area contributed by atoms with Gasteiger partial charge in [-0.15, -0.1) is 0 Å². The van der Waals surface area contributed by atoms with Gasteiger partial charge in [0.15, 0.2) is 11.6 Å². The molecule has 0 amide bonds. The lowest BCUT2D eigenvalue weighted by Crippen LogP contribution is -2.08. The van der Waals surface area contributed by atoms with Crippen molar-refractivity contribution >= 4 is 29.2 Å². The smallest absolute Gasteiger partial charge is 0.374 e. The van der Waals surface area contributed by atoms with Gasteiger partial charge < -0.3 is 5.11 Å². The number of halogens is 2. The second-order valence-corrected chi connectivity index (χ2v) is 5.50. The fourth-order valence-electron chi connectivity index (χ4n) is 1.93. The average Bonchev–Trinajstić information content (AvgIpc) is 2.55. The molecule has 1 aromatic heterocycles. The molecule has 114 valence electrons. The Hall–Kier alpha value is -2.50. The molecule has 2 aromatic carbocycles. The molecule has 0 radical (unpaired) electrons. The molecule has 3 rings (SSSR count). The van der Waals surface area contributed by atoms with Crippen LogP contribution in [0.4, 0.5) is 0 Å². The topological polar surface area (TPSA) is 76.0 Å². The van der Waals surface area contributed by atoms with E-state index in [2.05, 4.69) is 15.0 Å². The molecule has 0 aliphatic heterocycles. The van der Waals surface area contributed by atoms with Gasteiger partial charge in [-0.25, -0.2) is 19.7 Å². The van der Waals surface area contributed by atoms with Crippen molar-refractivity contribution < 1.29 is 9.90 Å². The Morgan fingerprint density at radius 2 is 1.13 bits per heavy atom. The van der Waals surface area contributed by atoms with Crippen molar-refractivity contribution in [2.45, 2.75) is 0 Å². The first-order chi connectivity index (χ1) is 11.0. The summed E-state index contributed by atoms with van der Waals surface area (Å²) >= 11 is 11.7. The third-order valence-electron chi connectivity index (χ3n) is 3.03. The maximum absolute atomic E-state index is 11.3. The Kier molecular flexibility index (Phi) is 4.23. The van der Waals surface area contributed by atoms with E-state index >= 15 is 0 Å². The molecule has 1 heterocycles. The van der Waals surface area contributed by atoms with Crippen molar-refractivity contribution in [2.75, 3.05) is 0 Å². The first-order valence-electron chi connectivity index (χ1n) is 6.54. The van der Waals surface area contributed by atoms with Gasteiger partial charge in [-0.2, -0.15) is 0 Å². The predicted molar refractivity (Wildman–Crippen MR) is 87.7 cm³/mol. The minimum absolute atomic E-state index is 0.263. The first kappa shape index (κ1) is 15.4. The van der Waals surface area contributed by atoms with Gasteiger partial charge in [-0.3, -0.25) is 0 Å². The van der Waals surface area contributed by atoms with E-state index in [9.17, 15) is 9.90 Å². The fraction of sp³-hybridized carbons (Fsp3) is 0. The number of aromatic nitrogens is 3. The van der Waals surface area contributed by atoms with Gasteiger partial charge in [0.05, 0.1) is 0 Å². The van der Waals surface area contributed by atoms with Crippen LogP contribution in [-0.4, -0.2) is 26.0 Å². The lowest BCUT2D eigenvalue weighted by Gasteiger charge is -2.06. The van der Waals surface area contributed by atoms with E-state index in [0.29, 0.717) is 21.2 Å². The second-order valence-electron chi connectivity index (χ2n) is 4.63. The minimum Gasteiger partial charge on any atom is -0.475 e. The second kappa shape index (κ2) is 6.32. The van der Waals surface area contributed by atoms with E-state index in [0.717, 1.165) is 0 Å². The molecule has 0 bridgehead atoms. The number of carbonyl (C=O) groups is 1. The van der Waals surface area contributed by atoms with E-state index in [1.54, 1.807) is 48.5 Å². The van der Waals surface area contributed by atoms with Crippen LogP contribution in [0.15, 0.2) is 48.5 Å². The van der Waals surface area contributed by atoms with Gasteiger partial charge in [-0.05, 0) is 48.5 Å². The number of rotatable bonds is 3. The van der Waals surface area contributed by atoms with Crippen LogP contribution in [0.2, 0.25) is 10.0 Å². The lowest BCUT2D eigenvalue weighted by molar-refractivity contribution is 0.0683. The summed E-state index contributed by atoms with van der Waals surface area (Å²) in [5.41, 5.74) is 1.30. The highest BCUT2D eigenvalue weighted by atomic mass is 35.5. The van der Waals surface area contributed by atoms with Gasteiger partial charge in [0.1, 0.15) is 0 Å². The molecule has 1 N–H and O–H groups in total. The SMILES string of the molecule is O=C(O)c1nc(-c2ccc(Cl)cc2)nc(-c2ccc(Cl)cc2)n1. The summed E-state index contributed by atoms with van der Waals surface area (Å²) in [7, 11) is 0. The van der Waals surface area contributed by atoms with Crippen LogP contribution < -0.4 is 0 Å². The average molecular weight is 346 g/mol. The molecule has 0 aliphatic carbocycles. The predicted octanol–water partition coefficient (Wildman–Crippen LogP) is 4.21. The number of aromatic carboxylic acids is 1. The van der Waals surface area contributed by atoms with Gasteiger partial charge in [0.2, 0.25) is 5.82 Å². The highest BCUT2D eigenvalue weighted by Crippen LogP contribution is 2.23. The Morgan fingerprint density at radius 3 is 1.48 bits per heavy atom. The Morgan fingerprint density at radius 1 is 0.739 bits per heavy atom. The highest BCUT2D eigenvalue weighted by Gasteiger charge is 2.14. The van der Waals surface area contributed by atoms with Gasteiger partial charge in [-0.1, -0.05) is 23.2 Å². The molecule has 0 fully saturated rings. The van der Waals surface area contributed by atoms with E-state index in [4.69, 9.17) is 23.2 Å². The number of hydrogen-bond donors (Lipinski definition) is 1. The molecule has 0 aliphatic rings. The van der Waals surface area contributed by atoms with Crippen LogP contribution in [0, 0.1) is 0 Å². The number of nitrogens with zero attached hydrogens (tertiary/aromatic N) is 3. The van der Waals surface area contributed by atoms with Crippen LogP contribution in [0.5, 0.6) is 0 Å². The summed E-state index contributed by atoms with van der Waals surface area (Å²) in [4.78, 5) is 23.6. The van der Waals surface area contributed by atoms with E-state index in [1.807, 2.05) is 0 Å². The van der Waals surface area contributed by atoms with Crippen LogP contribution >= 0.6 is 23.2 Å². The molecule has 7 heteroatoms.